The van der Waals surface area contributed by atoms with Gasteiger partial charge in [-0.2, -0.15) is 0 Å². The van der Waals surface area contributed by atoms with Crippen LogP contribution in [0.25, 0.3) is 0 Å². The van der Waals surface area contributed by atoms with Crippen molar-refractivity contribution in [3.05, 3.63) is 100 Å². The molecule has 1 aliphatic carbocycles. The minimum Gasteiger partial charge on any atom is -0.481 e. The van der Waals surface area contributed by atoms with Crippen molar-refractivity contribution in [3.63, 3.8) is 0 Å². The first-order valence-corrected chi connectivity index (χ1v) is 12.6. The quantitative estimate of drug-likeness (QED) is 0.505. The Morgan fingerprint density at radius 2 is 1.78 bits per heavy atom. The second kappa shape index (κ2) is 10.1. The number of fused-ring (bicyclic) bond motifs is 1. The minimum absolute atomic E-state index is 0.142. The number of ether oxygens (including phenoxy) is 1. The molecule has 5 rings (SSSR count). The van der Waals surface area contributed by atoms with E-state index in [1.807, 2.05) is 23.1 Å². The highest BCUT2D eigenvalue weighted by Crippen LogP contribution is 2.41. The van der Waals surface area contributed by atoms with Gasteiger partial charge >= 0.3 is 0 Å². The third kappa shape index (κ3) is 5.27. The van der Waals surface area contributed by atoms with E-state index >= 15 is 0 Å². The smallest absolute Gasteiger partial charge is 0.261 e. The summed E-state index contributed by atoms with van der Waals surface area (Å²) in [5.74, 6) is 0.402. The maximum atomic E-state index is 13.2. The Kier molecular flexibility index (Phi) is 6.77. The predicted octanol–water partition coefficient (Wildman–Crippen LogP) is 5.10. The monoisotopic (exact) mass is 486 g/mol. The van der Waals surface area contributed by atoms with E-state index in [2.05, 4.69) is 36.5 Å². The molecule has 3 aromatic rings. The first-order chi connectivity index (χ1) is 17.4. The molecule has 1 saturated carbocycles. The molecule has 1 fully saturated rings. The molecule has 0 spiro atoms. The molecule has 0 radical (unpaired) electrons. The van der Waals surface area contributed by atoms with Gasteiger partial charge in [0.15, 0.2) is 6.10 Å². The van der Waals surface area contributed by atoms with Gasteiger partial charge in [0.2, 0.25) is 5.91 Å². The van der Waals surface area contributed by atoms with Crippen molar-refractivity contribution in [1.29, 1.82) is 0 Å². The molecule has 2 unspecified atom stereocenters. The lowest BCUT2D eigenvalue weighted by Crippen LogP contribution is -2.41. The lowest BCUT2D eigenvalue weighted by Gasteiger charge is -2.38. The summed E-state index contributed by atoms with van der Waals surface area (Å²) >= 11 is 0. The van der Waals surface area contributed by atoms with Crippen LogP contribution in [0.2, 0.25) is 0 Å². The zero-order chi connectivity index (χ0) is 25.2. The van der Waals surface area contributed by atoms with Crippen LogP contribution in [0.5, 0.6) is 5.75 Å². The predicted molar refractivity (Wildman–Crippen MR) is 136 cm³/mol. The number of carbonyl (C=O) groups excluding carboxylic acids is 2. The van der Waals surface area contributed by atoms with Gasteiger partial charge in [-0.1, -0.05) is 48.0 Å². The molecule has 1 heterocycles. The zero-order valence-corrected chi connectivity index (χ0v) is 20.7. The molecule has 2 amide bonds. The largest absolute Gasteiger partial charge is 0.481 e. The van der Waals surface area contributed by atoms with E-state index in [9.17, 15) is 14.0 Å². The number of halogens is 1. The maximum Gasteiger partial charge on any atom is 0.261 e. The zero-order valence-electron chi connectivity index (χ0n) is 20.7. The normalized spacial score (nSPS) is 17.8. The highest BCUT2D eigenvalue weighted by atomic mass is 19.1. The fraction of sp³-hybridized carbons (Fsp3) is 0.333. The number of hydrogen-bond acceptors (Lipinski definition) is 3. The first-order valence-electron chi connectivity index (χ1n) is 12.6. The third-order valence-corrected chi connectivity index (χ3v) is 7.01. The highest BCUT2D eigenvalue weighted by Gasteiger charge is 2.39. The van der Waals surface area contributed by atoms with E-state index in [1.54, 1.807) is 19.1 Å². The molecule has 1 N–H and O–H groups in total. The Labute approximate surface area is 211 Å². The van der Waals surface area contributed by atoms with Crippen molar-refractivity contribution in [2.75, 3.05) is 6.54 Å². The number of aryl methyl sites for hydroxylation is 1. The van der Waals surface area contributed by atoms with Crippen LogP contribution in [0, 0.1) is 18.7 Å². The van der Waals surface area contributed by atoms with E-state index < -0.39 is 6.10 Å². The lowest BCUT2D eigenvalue weighted by atomic mass is 9.87. The molecule has 36 heavy (non-hydrogen) atoms. The summed E-state index contributed by atoms with van der Waals surface area (Å²) in [5.41, 5.74) is 5.31. The van der Waals surface area contributed by atoms with Crippen molar-refractivity contribution < 1.29 is 18.7 Å². The number of amides is 2. The highest BCUT2D eigenvalue weighted by molar-refractivity contribution is 5.82. The molecule has 6 heteroatoms. The average molecular weight is 487 g/mol. The van der Waals surface area contributed by atoms with Gasteiger partial charge in [0.1, 0.15) is 11.6 Å². The summed E-state index contributed by atoms with van der Waals surface area (Å²) in [6.07, 6.45) is 2.02. The second-order valence-corrected chi connectivity index (χ2v) is 9.83. The van der Waals surface area contributed by atoms with Gasteiger partial charge < -0.3 is 15.0 Å². The van der Waals surface area contributed by atoms with Gasteiger partial charge in [0.25, 0.3) is 5.91 Å². The van der Waals surface area contributed by atoms with Crippen LogP contribution in [-0.4, -0.2) is 29.4 Å². The van der Waals surface area contributed by atoms with Crippen LogP contribution in [0.1, 0.15) is 53.6 Å². The van der Waals surface area contributed by atoms with E-state index in [-0.39, 0.29) is 29.6 Å². The van der Waals surface area contributed by atoms with E-state index in [4.69, 9.17) is 4.74 Å². The van der Waals surface area contributed by atoms with Crippen LogP contribution in [0.4, 0.5) is 4.39 Å². The van der Waals surface area contributed by atoms with Crippen LogP contribution in [0.3, 0.4) is 0 Å². The lowest BCUT2D eigenvalue weighted by molar-refractivity contribution is -0.134. The molecule has 0 saturated heterocycles. The summed E-state index contributed by atoms with van der Waals surface area (Å²) < 4.78 is 19.1. The second-order valence-electron chi connectivity index (χ2n) is 9.83. The van der Waals surface area contributed by atoms with Crippen molar-refractivity contribution >= 4 is 11.8 Å². The maximum absolute atomic E-state index is 13.2. The number of rotatable bonds is 7. The Bertz CT molecular complexity index is 1250. The molecular weight excluding hydrogens is 455 g/mol. The van der Waals surface area contributed by atoms with E-state index in [1.165, 1.54) is 23.3 Å². The Balaban J connectivity index is 1.35. The molecule has 186 valence electrons. The first kappa shape index (κ1) is 24.0. The van der Waals surface area contributed by atoms with Crippen LogP contribution in [0.15, 0.2) is 66.7 Å². The van der Waals surface area contributed by atoms with Gasteiger partial charge in [-0.3, -0.25) is 9.59 Å². The van der Waals surface area contributed by atoms with Gasteiger partial charge in [0, 0.05) is 19.0 Å². The summed E-state index contributed by atoms with van der Waals surface area (Å²) in [7, 11) is 0. The molecule has 1 aliphatic heterocycles. The standard InChI is InChI=1S/C30H31FN2O3/c1-19-3-7-23(8-4-19)28-27-17-26(14-11-22(27)15-16-33(28)30(35)24-9-10-24)36-20(2)29(34)32-18-21-5-12-25(31)13-6-21/h3-8,11-14,17,20,24,28H,9-10,15-16,18H2,1-2H3,(H,32,34). The number of nitrogens with one attached hydrogen (secondary N) is 1. The number of benzene rings is 3. The fourth-order valence-corrected chi connectivity index (χ4v) is 4.77. The minimum atomic E-state index is -0.714. The average Bonchev–Trinajstić information content (AvgIpc) is 3.73. The summed E-state index contributed by atoms with van der Waals surface area (Å²) in [4.78, 5) is 27.9. The van der Waals surface area contributed by atoms with Crippen molar-refractivity contribution in [1.82, 2.24) is 10.2 Å². The molecule has 3 aromatic carbocycles. The Morgan fingerprint density at radius 3 is 2.47 bits per heavy atom. The molecular formula is C30H31FN2O3. The Hall–Kier alpha value is -3.67. The number of nitrogens with zero attached hydrogens (tertiary/aromatic N) is 1. The van der Waals surface area contributed by atoms with Crippen LogP contribution < -0.4 is 10.1 Å². The summed E-state index contributed by atoms with van der Waals surface area (Å²) in [6.45, 7) is 4.76. The Morgan fingerprint density at radius 1 is 1.06 bits per heavy atom. The van der Waals surface area contributed by atoms with Crippen molar-refractivity contribution in [2.24, 2.45) is 5.92 Å². The van der Waals surface area contributed by atoms with Crippen LogP contribution >= 0.6 is 0 Å². The molecule has 5 nitrogen and oxygen atoms in total. The van der Waals surface area contributed by atoms with Gasteiger partial charge in [-0.25, -0.2) is 4.39 Å². The molecule has 0 bridgehead atoms. The van der Waals surface area contributed by atoms with Crippen LogP contribution in [-0.2, 0) is 22.6 Å². The molecule has 2 atom stereocenters. The van der Waals surface area contributed by atoms with Crippen molar-refractivity contribution in [2.45, 2.75) is 51.8 Å². The molecule has 2 aliphatic rings. The SMILES string of the molecule is Cc1ccc(C2c3cc(OC(C)C(=O)NCc4ccc(F)cc4)ccc3CCN2C(=O)C2CC2)cc1. The van der Waals surface area contributed by atoms with Gasteiger partial charge in [0.05, 0.1) is 6.04 Å². The fourth-order valence-electron chi connectivity index (χ4n) is 4.77. The van der Waals surface area contributed by atoms with Gasteiger partial charge in [-0.15, -0.1) is 0 Å². The van der Waals surface area contributed by atoms with E-state index in [0.717, 1.165) is 36.0 Å². The topological polar surface area (TPSA) is 58.6 Å². The third-order valence-electron chi connectivity index (χ3n) is 7.01. The summed E-state index contributed by atoms with van der Waals surface area (Å²) in [6, 6.07) is 20.1. The summed E-state index contributed by atoms with van der Waals surface area (Å²) in [5, 5.41) is 2.84. The number of hydrogen-bond donors (Lipinski definition) is 1. The van der Waals surface area contributed by atoms with Gasteiger partial charge in [-0.05, 0) is 79.6 Å². The number of carbonyl (C=O) groups is 2. The van der Waals surface area contributed by atoms with E-state index in [0.29, 0.717) is 18.8 Å². The van der Waals surface area contributed by atoms with Crippen molar-refractivity contribution in [3.8, 4) is 5.75 Å². The molecule has 0 aromatic heterocycles.